The van der Waals surface area contributed by atoms with E-state index in [1.54, 1.807) is 13.2 Å². The number of carbonyl (C=O) groups is 1. The van der Waals surface area contributed by atoms with E-state index in [4.69, 9.17) is 15.2 Å². The van der Waals surface area contributed by atoms with Crippen molar-refractivity contribution in [3.05, 3.63) is 23.8 Å². The van der Waals surface area contributed by atoms with Crippen molar-refractivity contribution in [2.45, 2.75) is 52.2 Å². The molecule has 0 aliphatic heterocycles. The number of hydrogen-bond donors (Lipinski definition) is 2. The number of benzene rings is 1. The van der Waals surface area contributed by atoms with Crippen molar-refractivity contribution >= 4 is 11.8 Å². The van der Waals surface area contributed by atoms with Gasteiger partial charge in [-0.2, -0.15) is 0 Å². The van der Waals surface area contributed by atoms with Gasteiger partial charge >= 0.3 is 6.09 Å². The first-order chi connectivity index (χ1) is 10.1. The van der Waals surface area contributed by atoms with Gasteiger partial charge in [0.1, 0.15) is 11.4 Å². The zero-order valence-corrected chi connectivity index (χ0v) is 14.2. The van der Waals surface area contributed by atoms with E-state index in [0.717, 1.165) is 11.3 Å². The molecule has 0 spiro atoms. The van der Waals surface area contributed by atoms with Crippen molar-refractivity contribution < 1.29 is 14.3 Å². The predicted molar refractivity (Wildman–Crippen MR) is 87.3 cm³/mol. The van der Waals surface area contributed by atoms with Crippen LogP contribution in [0.3, 0.4) is 0 Å². The summed E-state index contributed by atoms with van der Waals surface area (Å²) in [6.07, 6.45) is -0.469. The Morgan fingerprint density at radius 2 is 1.91 bits per heavy atom. The average Bonchev–Trinajstić information content (AvgIpc) is 2.85. The van der Waals surface area contributed by atoms with Crippen LogP contribution in [0.15, 0.2) is 18.2 Å². The fourth-order valence-corrected chi connectivity index (χ4v) is 2.75. The molecule has 5 heteroatoms. The standard InChI is InChI=1S/C17H26N2O3/c1-16(2,3)22-15(20)19-10-7-8-12(21-6)11(9-10)13-14(18)17(13,4)5/h7-9,13-14H,18H2,1-6H3,(H,19,20)/t13-,14-/m1/s1. The molecular formula is C17H26N2O3. The number of nitrogens with one attached hydrogen (secondary N) is 1. The number of ether oxygens (including phenoxy) is 2. The van der Waals surface area contributed by atoms with Crippen molar-refractivity contribution in [2.24, 2.45) is 11.1 Å². The normalized spacial score (nSPS) is 22.9. The molecule has 1 fully saturated rings. The number of rotatable bonds is 3. The third-order valence-electron chi connectivity index (χ3n) is 4.12. The lowest BCUT2D eigenvalue weighted by Gasteiger charge is -2.20. The molecule has 0 saturated heterocycles. The molecule has 0 unspecified atom stereocenters. The predicted octanol–water partition coefficient (Wildman–Crippen LogP) is 3.49. The molecule has 5 nitrogen and oxygen atoms in total. The molecular weight excluding hydrogens is 280 g/mol. The van der Waals surface area contributed by atoms with Crippen molar-refractivity contribution in [1.82, 2.24) is 0 Å². The lowest BCUT2D eigenvalue weighted by atomic mass is 10.0. The molecule has 0 heterocycles. The maximum atomic E-state index is 11.9. The number of nitrogens with two attached hydrogens (primary N) is 1. The first-order valence-corrected chi connectivity index (χ1v) is 7.50. The number of hydrogen-bond acceptors (Lipinski definition) is 4. The van der Waals surface area contributed by atoms with E-state index in [2.05, 4.69) is 19.2 Å². The molecule has 1 aliphatic carbocycles. The molecule has 3 N–H and O–H groups in total. The van der Waals surface area contributed by atoms with Gasteiger partial charge in [0.2, 0.25) is 0 Å². The summed E-state index contributed by atoms with van der Waals surface area (Å²) >= 11 is 0. The Labute approximate surface area is 132 Å². The first-order valence-electron chi connectivity index (χ1n) is 7.50. The van der Waals surface area contributed by atoms with Gasteiger partial charge in [-0.1, -0.05) is 13.8 Å². The third-order valence-corrected chi connectivity index (χ3v) is 4.12. The fourth-order valence-electron chi connectivity index (χ4n) is 2.75. The molecule has 0 radical (unpaired) electrons. The van der Waals surface area contributed by atoms with Gasteiger partial charge in [0.05, 0.1) is 7.11 Å². The molecule has 1 saturated carbocycles. The fraction of sp³-hybridized carbons (Fsp3) is 0.588. The molecule has 2 atom stereocenters. The minimum atomic E-state index is -0.528. The number of amides is 1. The second-order valence-corrected chi connectivity index (χ2v) is 7.41. The van der Waals surface area contributed by atoms with Gasteiger partial charge in [-0.05, 0) is 44.4 Å². The minimum absolute atomic E-state index is 0.0395. The lowest BCUT2D eigenvalue weighted by Crippen LogP contribution is -2.27. The smallest absolute Gasteiger partial charge is 0.412 e. The molecule has 22 heavy (non-hydrogen) atoms. The molecule has 1 aromatic carbocycles. The topological polar surface area (TPSA) is 73.6 Å². The molecule has 1 aliphatic rings. The number of methoxy groups -OCH3 is 1. The van der Waals surface area contributed by atoms with Crippen LogP contribution in [0.25, 0.3) is 0 Å². The van der Waals surface area contributed by atoms with Gasteiger partial charge < -0.3 is 15.2 Å². The van der Waals surface area contributed by atoms with Crippen LogP contribution in [0.2, 0.25) is 0 Å². The summed E-state index contributed by atoms with van der Waals surface area (Å²) in [5, 5.41) is 2.76. The zero-order chi connectivity index (χ0) is 16.7. The summed E-state index contributed by atoms with van der Waals surface area (Å²) in [6.45, 7) is 9.76. The van der Waals surface area contributed by atoms with Gasteiger partial charge in [0, 0.05) is 23.2 Å². The largest absolute Gasteiger partial charge is 0.496 e. The van der Waals surface area contributed by atoms with Crippen LogP contribution in [0, 0.1) is 5.41 Å². The first kappa shape index (κ1) is 16.6. The molecule has 1 amide bonds. The Bertz CT molecular complexity index is 576. The monoisotopic (exact) mass is 306 g/mol. The highest BCUT2D eigenvalue weighted by molar-refractivity contribution is 5.85. The van der Waals surface area contributed by atoms with E-state index in [9.17, 15) is 4.79 Å². The van der Waals surface area contributed by atoms with Crippen LogP contribution in [0.4, 0.5) is 10.5 Å². The summed E-state index contributed by atoms with van der Waals surface area (Å²) in [6, 6.07) is 5.66. The van der Waals surface area contributed by atoms with Crippen molar-refractivity contribution in [3.63, 3.8) is 0 Å². The average molecular weight is 306 g/mol. The van der Waals surface area contributed by atoms with Gasteiger partial charge in [-0.15, -0.1) is 0 Å². The summed E-state index contributed by atoms with van der Waals surface area (Å²) in [5.74, 6) is 1.02. The van der Waals surface area contributed by atoms with Gasteiger partial charge in [-0.25, -0.2) is 4.79 Å². The zero-order valence-electron chi connectivity index (χ0n) is 14.2. The summed E-state index contributed by atoms with van der Waals surface area (Å²) in [7, 11) is 1.64. The highest BCUT2D eigenvalue weighted by Gasteiger charge is 2.57. The van der Waals surface area contributed by atoms with Crippen molar-refractivity contribution in [1.29, 1.82) is 0 Å². The van der Waals surface area contributed by atoms with Crippen molar-refractivity contribution in [2.75, 3.05) is 12.4 Å². The van der Waals surface area contributed by atoms with Crippen LogP contribution in [-0.2, 0) is 4.74 Å². The number of carbonyl (C=O) groups excluding carboxylic acids is 1. The van der Waals surface area contributed by atoms with Crippen LogP contribution in [0.1, 0.15) is 46.1 Å². The van der Waals surface area contributed by atoms with E-state index in [1.165, 1.54) is 0 Å². The van der Waals surface area contributed by atoms with E-state index in [1.807, 2.05) is 32.9 Å². The summed E-state index contributed by atoms with van der Waals surface area (Å²) < 4.78 is 10.7. The van der Waals surface area contributed by atoms with Crippen LogP contribution in [-0.4, -0.2) is 24.8 Å². The third kappa shape index (κ3) is 3.35. The molecule has 0 aromatic heterocycles. The van der Waals surface area contributed by atoms with Crippen LogP contribution < -0.4 is 15.8 Å². The second-order valence-electron chi connectivity index (χ2n) is 7.41. The quantitative estimate of drug-likeness (QED) is 0.896. The Morgan fingerprint density at radius 3 is 2.36 bits per heavy atom. The lowest BCUT2D eigenvalue weighted by molar-refractivity contribution is 0.0636. The molecule has 2 rings (SSSR count). The Balaban J connectivity index is 2.20. The SMILES string of the molecule is COc1ccc(NC(=O)OC(C)(C)C)cc1[C@@H]1[C@@H](N)C1(C)C. The van der Waals surface area contributed by atoms with E-state index in [0.29, 0.717) is 5.69 Å². The van der Waals surface area contributed by atoms with E-state index >= 15 is 0 Å². The van der Waals surface area contributed by atoms with Gasteiger partial charge in [-0.3, -0.25) is 5.32 Å². The number of anilines is 1. The molecule has 122 valence electrons. The van der Waals surface area contributed by atoms with E-state index in [-0.39, 0.29) is 17.4 Å². The minimum Gasteiger partial charge on any atom is -0.496 e. The summed E-state index contributed by atoms with van der Waals surface area (Å²) in [5.41, 5.74) is 7.38. The highest BCUT2D eigenvalue weighted by Crippen LogP contribution is 2.59. The van der Waals surface area contributed by atoms with Crippen LogP contribution >= 0.6 is 0 Å². The van der Waals surface area contributed by atoms with Gasteiger partial charge in [0.15, 0.2) is 0 Å². The highest BCUT2D eigenvalue weighted by atomic mass is 16.6. The summed E-state index contributed by atoms with van der Waals surface area (Å²) in [4.78, 5) is 11.9. The molecule has 1 aromatic rings. The molecule has 0 bridgehead atoms. The Kier molecular flexibility index (Phi) is 4.13. The van der Waals surface area contributed by atoms with E-state index < -0.39 is 11.7 Å². The second kappa shape index (κ2) is 5.47. The van der Waals surface area contributed by atoms with Crippen LogP contribution in [0.5, 0.6) is 5.75 Å². The Hall–Kier alpha value is -1.75. The van der Waals surface area contributed by atoms with Crippen molar-refractivity contribution in [3.8, 4) is 5.75 Å². The maximum Gasteiger partial charge on any atom is 0.412 e. The Morgan fingerprint density at radius 1 is 1.32 bits per heavy atom. The van der Waals surface area contributed by atoms with Gasteiger partial charge in [0.25, 0.3) is 0 Å². The maximum absolute atomic E-state index is 11.9.